The van der Waals surface area contributed by atoms with Gasteiger partial charge in [-0.1, -0.05) is 6.07 Å². The van der Waals surface area contributed by atoms with Gasteiger partial charge < -0.3 is 0 Å². The van der Waals surface area contributed by atoms with Gasteiger partial charge in [0.1, 0.15) is 5.69 Å². The molecule has 13 heavy (non-hydrogen) atoms. The first-order chi connectivity index (χ1) is 5.95. The molecule has 0 unspecified atom stereocenters. The van der Waals surface area contributed by atoms with E-state index >= 15 is 0 Å². The summed E-state index contributed by atoms with van der Waals surface area (Å²) in [6, 6.07) is 2.88. The van der Waals surface area contributed by atoms with Gasteiger partial charge in [0.2, 0.25) is 0 Å². The van der Waals surface area contributed by atoms with Gasteiger partial charge >= 0.3 is 6.18 Å². The highest BCUT2D eigenvalue weighted by atomic mass is 19.4. The van der Waals surface area contributed by atoms with Crippen LogP contribution in [0.2, 0.25) is 0 Å². The van der Waals surface area contributed by atoms with Crippen LogP contribution in [0, 0.1) is 11.8 Å². The van der Waals surface area contributed by atoms with Crippen LogP contribution in [0.15, 0.2) is 23.4 Å². The predicted octanol–water partition coefficient (Wildman–Crippen LogP) is 3.41. The van der Waals surface area contributed by atoms with E-state index in [9.17, 15) is 18.1 Å². The van der Waals surface area contributed by atoms with Crippen molar-refractivity contribution in [2.75, 3.05) is 0 Å². The lowest BCUT2D eigenvalue weighted by Gasteiger charge is -2.06. The first-order valence-electron chi connectivity index (χ1n) is 3.46. The Kier molecular flexibility index (Phi) is 2.36. The summed E-state index contributed by atoms with van der Waals surface area (Å²) in [6.45, 7) is 1.52. The Hall–Kier alpha value is -1.39. The van der Waals surface area contributed by atoms with Crippen LogP contribution in [0.1, 0.15) is 11.1 Å². The first-order valence-corrected chi connectivity index (χ1v) is 3.46. The normalized spacial score (nSPS) is 11.4. The molecule has 0 aromatic heterocycles. The molecule has 1 rings (SSSR count). The number of alkyl halides is 3. The standard InChI is InChI=1S/C8H6F3NO/c1-5-2-3-6(8(9,10)11)4-7(5)12-13/h2-4H,1H3. The second-order valence-corrected chi connectivity index (χ2v) is 2.59. The summed E-state index contributed by atoms with van der Waals surface area (Å²) in [7, 11) is 0. The van der Waals surface area contributed by atoms with Crippen LogP contribution in [0.5, 0.6) is 0 Å². The molecular formula is C8H6F3NO. The number of aryl methyl sites for hydroxylation is 1. The maximum atomic E-state index is 12.1. The third-order valence-electron chi connectivity index (χ3n) is 1.63. The van der Waals surface area contributed by atoms with Crippen LogP contribution >= 0.6 is 0 Å². The van der Waals surface area contributed by atoms with Gasteiger partial charge in [-0.15, -0.1) is 4.91 Å². The summed E-state index contributed by atoms with van der Waals surface area (Å²) in [4.78, 5) is 10.1. The number of benzene rings is 1. The highest BCUT2D eigenvalue weighted by molar-refractivity contribution is 5.48. The van der Waals surface area contributed by atoms with E-state index in [-0.39, 0.29) is 5.69 Å². The van der Waals surface area contributed by atoms with E-state index in [1.165, 1.54) is 13.0 Å². The van der Waals surface area contributed by atoms with E-state index in [0.717, 1.165) is 12.1 Å². The fourth-order valence-electron chi connectivity index (χ4n) is 0.884. The number of nitrogens with zero attached hydrogens (tertiary/aromatic N) is 1. The molecule has 2 nitrogen and oxygen atoms in total. The molecule has 0 amide bonds. The van der Waals surface area contributed by atoms with Gasteiger partial charge in [-0.05, 0) is 29.8 Å². The third-order valence-corrected chi connectivity index (χ3v) is 1.63. The number of hydrogen-bond donors (Lipinski definition) is 0. The maximum Gasteiger partial charge on any atom is 0.416 e. The second-order valence-electron chi connectivity index (χ2n) is 2.59. The number of nitroso groups, excluding NO2 is 1. The second kappa shape index (κ2) is 3.16. The highest BCUT2D eigenvalue weighted by Crippen LogP contribution is 2.32. The Balaban J connectivity index is 3.21. The molecule has 0 aliphatic heterocycles. The highest BCUT2D eigenvalue weighted by Gasteiger charge is 2.30. The molecule has 0 heterocycles. The fourth-order valence-corrected chi connectivity index (χ4v) is 0.884. The molecule has 0 bridgehead atoms. The molecule has 0 N–H and O–H groups in total. The zero-order valence-electron chi connectivity index (χ0n) is 6.72. The Morgan fingerprint density at radius 1 is 1.31 bits per heavy atom. The minimum Gasteiger partial charge on any atom is -0.166 e. The molecule has 0 atom stereocenters. The predicted molar refractivity (Wildman–Crippen MR) is 41.6 cm³/mol. The lowest BCUT2D eigenvalue weighted by molar-refractivity contribution is -0.137. The van der Waals surface area contributed by atoms with Gasteiger partial charge in [-0.3, -0.25) is 0 Å². The zero-order chi connectivity index (χ0) is 10.1. The first kappa shape index (κ1) is 9.70. The Bertz CT molecular complexity index is 333. The number of rotatable bonds is 1. The molecular weight excluding hydrogens is 183 g/mol. The Morgan fingerprint density at radius 2 is 1.92 bits per heavy atom. The van der Waals surface area contributed by atoms with Crippen LogP contribution in [0.25, 0.3) is 0 Å². The smallest absolute Gasteiger partial charge is 0.166 e. The van der Waals surface area contributed by atoms with Crippen LogP contribution in [-0.4, -0.2) is 0 Å². The quantitative estimate of drug-likeness (QED) is 0.622. The van der Waals surface area contributed by atoms with Gasteiger partial charge in [0, 0.05) is 0 Å². The number of halogens is 3. The van der Waals surface area contributed by atoms with Crippen LogP contribution in [0.3, 0.4) is 0 Å². The maximum absolute atomic E-state index is 12.1. The largest absolute Gasteiger partial charge is 0.416 e. The summed E-state index contributed by atoms with van der Waals surface area (Å²) in [5, 5.41) is 2.49. The molecule has 70 valence electrons. The molecule has 0 saturated carbocycles. The van der Waals surface area contributed by atoms with Gasteiger partial charge in [-0.2, -0.15) is 13.2 Å². The molecule has 0 fully saturated rings. The van der Waals surface area contributed by atoms with Crippen molar-refractivity contribution in [2.45, 2.75) is 13.1 Å². The molecule has 0 saturated heterocycles. The fraction of sp³-hybridized carbons (Fsp3) is 0.250. The van der Waals surface area contributed by atoms with Crippen molar-refractivity contribution in [3.8, 4) is 0 Å². The molecule has 0 aliphatic carbocycles. The van der Waals surface area contributed by atoms with Crippen molar-refractivity contribution in [3.63, 3.8) is 0 Å². The summed E-state index contributed by atoms with van der Waals surface area (Å²) < 4.78 is 36.3. The average molecular weight is 189 g/mol. The van der Waals surface area contributed by atoms with Crippen LogP contribution in [-0.2, 0) is 6.18 Å². The molecule has 5 heteroatoms. The molecule has 0 radical (unpaired) electrons. The molecule has 1 aromatic rings. The van der Waals surface area contributed by atoms with Gasteiger partial charge in [0.05, 0.1) is 5.56 Å². The van der Waals surface area contributed by atoms with Gasteiger partial charge in [-0.25, -0.2) is 0 Å². The van der Waals surface area contributed by atoms with E-state index in [4.69, 9.17) is 0 Å². The summed E-state index contributed by atoms with van der Waals surface area (Å²) in [6.07, 6.45) is -4.42. The van der Waals surface area contributed by atoms with E-state index in [1.54, 1.807) is 0 Å². The van der Waals surface area contributed by atoms with Crippen LogP contribution in [0.4, 0.5) is 18.9 Å². The Labute approximate surface area is 72.4 Å². The molecule has 0 spiro atoms. The van der Waals surface area contributed by atoms with E-state index in [0.29, 0.717) is 5.56 Å². The molecule has 1 aromatic carbocycles. The van der Waals surface area contributed by atoms with Crippen molar-refractivity contribution in [2.24, 2.45) is 5.18 Å². The van der Waals surface area contributed by atoms with E-state index in [1.807, 2.05) is 0 Å². The van der Waals surface area contributed by atoms with E-state index < -0.39 is 11.7 Å². The van der Waals surface area contributed by atoms with Crippen LogP contribution < -0.4 is 0 Å². The third kappa shape index (κ3) is 2.05. The minimum absolute atomic E-state index is 0.171. The van der Waals surface area contributed by atoms with Crippen molar-refractivity contribution in [1.82, 2.24) is 0 Å². The minimum atomic E-state index is -4.42. The van der Waals surface area contributed by atoms with Crippen molar-refractivity contribution in [1.29, 1.82) is 0 Å². The SMILES string of the molecule is Cc1ccc(C(F)(F)F)cc1N=O. The molecule has 0 aliphatic rings. The monoisotopic (exact) mass is 189 g/mol. The van der Waals surface area contributed by atoms with Gasteiger partial charge in [0.25, 0.3) is 0 Å². The topological polar surface area (TPSA) is 29.4 Å². The Morgan fingerprint density at radius 3 is 2.38 bits per heavy atom. The summed E-state index contributed by atoms with van der Waals surface area (Å²) >= 11 is 0. The zero-order valence-corrected chi connectivity index (χ0v) is 6.72. The summed E-state index contributed by atoms with van der Waals surface area (Å²) in [5.41, 5.74) is -0.592. The van der Waals surface area contributed by atoms with Crippen molar-refractivity contribution < 1.29 is 13.2 Å². The van der Waals surface area contributed by atoms with Crippen molar-refractivity contribution >= 4 is 5.69 Å². The van der Waals surface area contributed by atoms with Crippen molar-refractivity contribution in [3.05, 3.63) is 34.2 Å². The van der Waals surface area contributed by atoms with Gasteiger partial charge in [0.15, 0.2) is 0 Å². The lowest BCUT2D eigenvalue weighted by Crippen LogP contribution is -2.04. The van der Waals surface area contributed by atoms with E-state index in [2.05, 4.69) is 5.18 Å². The lowest BCUT2D eigenvalue weighted by atomic mass is 10.1. The summed E-state index contributed by atoms with van der Waals surface area (Å²) in [5.74, 6) is 0. The number of hydrogen-bond acceptors (Lipinski definition) is 2. The average Bonchev–Trinajstić information content (AvgIpc) is 2.03.